The van der Waals surface area contributed by atoms with Crippen LogP contribution < -0.4 is 10.6 Å². The number of nitrogens with two attached hydrogens (primary N) is 1. The molecule has 5 heteroatoms. The first kappa shape index (κ1) is 14.6. The summed E-state index contributed by atoms with van der Waals surface area (Å²) in [5.41, 5.74) is 7.24. The first-order chi connectivity index (χ1) is 8.49. The number of hydrogen-bond acceptors (Lipinski definition) is 3. The first-order valence-electron chi connectivity index (χ1n) is 5.98. The van der Waals surface area contributed by atoms with E-state index in [9.17, 15) is 0 Å². The molecule has 1 rings (SSSR count). The molecule has 0 heterocycles. The van der Waals surface area contributed by atoms with Crippen LogP contribution in [0.15, 0.2) is 23.4 Å². The largest absolute Gasteiger partial charge is 0.409 e. The molecule has 0 aromatic heterocycles. The summed E-state index contributed by atoms with van der Waals surface area (Å²) in [6.45, 7) is 5.23. The minimum Gasteiger partial charge on any atom is -0.409 e. The number of oxime groups is 1. The average molecular weight is 270 g/mol. The van der Waals surface area contributed by atoms with Gasteiger partial charge in [0.05, 0.1) is 0 Å². The van der Waals surface area contributed by atoms with E-state index < -0.39 is 0 Å². The van der Waals surface area contributed by atoms with Crippen molar-refractivity contribution < 1.29 is 5.21 Å². The Bertz CT molecular complexity index is 434. The van der Waals surface area contributed by atoms with Gasteiger partial charge in [-0.25, -0.2) is 0 Å². The fourth-order valence-electron chi connectivity index (χ4n) is 1.79. The number of anilines is 1. The number of amidine groups is 1. The summed E-state index contributed by atoms with van der Waals surface area (Å²) in [5, 5.41) is 12.5. The molecule has 1 aromatic carbocycles. The first-order valence-corrected chi connectivity index (χ1v) is 6.36. The van der Waals surface area contributed by atoms with Crippen molar-refractivity contribution in [3.8, 4) is 0 Å². The lowest BCUT2D eigenvalue weighted by atomic mass is 10.1. The molecule has 100 valence electrons. The highest BCUT2D eigenvalue weighted by molar-refractivity contribution is 6.31. The van der Waals surface area contributed by atoms with Crippen LogP contribution in [0.3, 0.4) is 0 Å². The van der Waals surface area contributed by atoms with Gasteiger partial charge in [0.25, 0.3) is 0 Å². The molecule has 0 saturated carbocycles. The van der Waals surface area contributed by atoms with Crippen molar-refractivity contribution in [3.63, 3.8) is 0 Å². The van der Waals surface area contributed by atoms with E-state index in [1.807, 2.05) is 13.1 Å². The van der Waals surface area contributed by atoms with Crippen LogP contribution in [-0.2, 0) is 0 Å². The summed E-state index contributed by atoms with van der Waals surface area (Å²) in [4.78, 5) is 2.08. The lowest BCUT2D eigenvalue weighted by Gasteiger charge is -2.25. The van der Waals surface area contributed by atoms with Gasteiger partial charge in [-0.2, -0.15) is 0 Å². The zero-order valence-corrected chi connectivity index (χ0v) is 11.8. The van der Waals surface area contributed by atoms with E-state index in [-0.39, 0.29) is 5.84 Å². The zero-order chi connectivity index (χ0) is 13.7. The average Bonchev–Trinajstić information content (AvgIpc) is 2.37. The monoisotopic (exact) mass is 269 g/mol. The van der Waals surface area contributed by atoms with E-state index in [0.717, 1.165) is 18.7 Å². The quantitative estimate of drug-likeness (QED) is 0.374. The molecule has 0 aliphatic rings. The van der Waals surface area contributed by atoms with Crippen LogP contribution in [0.2, 0.25) is 5.02 Å². The van der Waals surface area contributed by atoms with Gasteiger partial charge in [0, 0.05) is 29.9 Å². The van der Waals surface area contributed by atoms with Crippen molar-refractivity contribution in [3.05, 3.63) is 28.8 Å². The van der Waals surface area contributed by atoms with Crippen molar-refractivity contribution in [1.29, 1.82) is 0 Å². The molecule has 0 fully saturated rings. The molecule has 0 spiro atoms. The second-order valence-corrected chi connectivity index (χ2v) is 4.98. The van der Waals surface area contributed by atoms with Crippen LogP contribution in [0.1, 0.15) is 25.8 Å². The van der Waals surface area contributed by atoms with E-state index in [1.54, 1.807) is 12.1 Å². The van der Waals surface area contributed by atoms with Crippen molar-refractivity contribution in [2.24, 2.45) is 16.8 Å². The van der Waals surface area contributed by atoms with E-state index in [4.69, 9.17) is 22.5 Å². The van der Waals surface area contributed by atoms with Gasteiger partial charge in [-0.15, -0.1) is 0 Å². The topological polar surface area (TPSA) is 61.8 Å². The minimum absolute atomic E-state index is 0.0951. The summed E-state index contributed by atoms with van der Waals surface area (Å²) >= 11 is 6.01. The number of halogens is 1. The zero-order valence-electron chi connectivity index (χ0n) is 11.0. The highest BCUT2D eigenvalue weighted by atomic mass is 35.5. The minimum atomic E-state index is 0.0951. The van der Waals surface area contributed by atoms with E-state index in [2.05, 4.69) is 23.9 Å². The molecular formula is C13H20ClN3O. The van der Waals surface area contributed by atoms with E-state index >= 15 is 0 Å². The summed E-state index contributed by atoms with van der Waals surface area (Å²) in [6, 6.07) is 5.33. The van der Waals surface area contributed by atoms with E-state index in [0.29, 0.717) is 16.5 Å². The molecule has 0 aliphatic heterocycles. The van der Waals surface area contributed by atoms with Gasteiger partial charge >= 0.3 is 0 Å². The molecule has 18 heavy (non-hydrogen) atoms. The maximum atomic E-state index is 8.80. The molecule has 3 N–H and O–H groups in total. The summed E-state index contributed by atoms with van der Waals surface area (Å²) in [7, 11) is 1.98. The van der Waals surface area contributed by atoms with Gasteiger partial charge in [0.2, 0.25) is 0 Å². The molecule has 0 aliphatic carbocycles. The maximum Gasteiger partial charge on any atom is 0.172 e. The van der Waals surface area contributed by atoms with Gasteiger partial charge in [0.1, 0.15) is 0 Å². The van der Waals surface area contributed by atoms with Gasteiger partial charge in [-0.05, 0) is 24.1 Å². The highest BCUT2D eigenvalue weighted by Crippen LogP contribution is 2.25. The van der Waals surface area contributed by atoms with Crippen molar-refractivity contribution >= 4 is 23.1 Å². The fourth-order valence-corrected chi connectivity index (χ4v) is 1.95. The van der Waals surface area contributed by atoms with Crippen LogP contribution >= 0.6 is 11.6 Å². The maximum absolute atomic E-state index is 8.80. The van der Waals surface area contributed by atoms with Crippen molar-refractivity contribution in [2.75, 3.05) is 18.5 Å². The summed E-state index contributed by atoms with van der Waals surface area (Å²) in [5.74, 6) is 0.659. The predicted octanol–water partition coefficient (Wildman–Crippen LogP) is 2.92. The van der Waals surface area contributed by atoms with E-state index in [1.165, 1.54) is 0 Å². The standard InChI is InChI=1S/C13H20ClN3O/c1-4-9(2)8-17(3)12-7-10(14)5-6-11(12)13(15)16-18/h5-7,9,18H,4,8H2,1-3H3,(H2,15,16). The van der Waals surface area contributed by atoms with Crippen LogP contribution in [-0.4, -0.2) is 24.6 Å². The Morgan fingerprint density at radius 2 is 2.22 bits per heavy atom. The molecule has 0 saturated heterocycles. The Morgan fingerprint density at radius 1 is 1.56 bits per heavy atom. The van der Waals surface area contributed by atoms with Crippen LogP contribution in [0.25, 0.3) is 0 Å². The molecule has 1 atom stereocenters. The molecular weight excluding hydrogens is 250 g/mol. The third kappa shape index (κ3) is 3.53. The highest BCUT2D eigenvalue weighted by Gasteiger charge is 2.13. The van der Waals surface area contributed by atoms with Gasteiger partial charge in [-0.3, -0.25) is 0 Å². The Labute approximate surface area is 113 Å². The Morgan fingerprint density at radius 3 is 2.78 bits per heavy atom. The number of benzene rings is 1. The summed E-state index contributed by atoms with van der Waals surface area (Å²) in [6.07, 6.45) is 1.10. The SMILES string of the molecule is CCC(C)CN(C)c1cc(Cl)ccc1C(N)=NO. The molecule has 0 radical (unpaired) electrons. The van der Waals surface area contributed by atoms with Gasteiger partial charge in [-0.1, -0.05) is 37.0 Å². The molecule has 4 nitrogen and oxygen atoms in total. The Balaban J connectivity index is 3.08. The molecule has 0 bridgehead atoms. The Hall–Kier alpha value is -1.42. The number of rotatable bonds is 5. The number of nitrogens with zero attached hydrogens (tertiary/aromatic N) is 2. The smallest absolute Gasteiger partial charge is 0.172 e. The molecule has 1 aromatic rings. The van der Waals surface area contributed by atoms with Crippen LogP contribution in [0.5, 0.6) is 0 Å². The second kappa shape index (κ2) is 6.50. The van der Waals surface area contributed by atoms with Crippen molar-refractivity contribution in [2.45, 2.75) is 20.3 Å². The lowest BCUT2D eigenvalue weighted by Crippen LogP contribution is -2.27. The Kier molecular flexibility index (Phi) is 5.28. The third-order valence-electron chi connectivity index (χ3n) is 3.04. The van der Waals surface area contributed by atoms with Gasteiger partial charge in [0.15, 0.2) is 5.84 Å². The third-order valence-corrected chi connectivity index (χ3v) is 3.27. The number of hydrogen-bond donors (Lipinski definition) is 2. The fraction of sp³-hybridized carbons (Fsp3) is 0.462. The predicted molar refractivity (Wildman–Crippen MR) is 76.7 cm³/mol. The van der Waals surface area contributed by atoms with Crippen LogP contribution in [0.4, 0.5) is 5.69 Å². The normalized spacial score (nSPS) is 13.4. The molecule has 1 unspecified atom stereocenters. The second-order valence-electron chi connectivity index (χ2n) is 4.54. The molecule has 0 amide bonds. The van der Waals surface area contributed by atoms with Gasteiger partial charge < -0.3 is 15.8 Å². The van der Waals surface area contributed by atoms with Crippen molar-refractivity contribution in [1.82, 2.24) is 0 Å². The summed E-state index contributed by atoms with van der Waals surface area (Å²) < 4.78 is 0. The van der Waals surface area contributed by atoms with Crippen LogP contribution in [0, 0.1) is 5.92 Å². The lowest BCUT2D eigenvalue weighted by molar-refractivity contribution is 0.318.